The highest BCUT2D eigenvalue weighted by molar-refractivity contribution is 7.09. The van der Waals surface area contributed by atoms with Gasteiger partial charge in [0.2, 0.25) is 16.9 Å². The summed E-state index contributed by atoms with van der Waals surface area (Å²) in [6.07, 6.45) is 5.08. The molecule has 0 N–H and O–H groups in total. The second-order valence-corrected chi connectivity index (χ2v) is 12.6. The molecular formula is C30H40ClNS. The number of hydrogen-bond donors (Lipinski definition) is 0. The Morgan fingerprint density at radius 1 is 0.970 bits per heavy atom. The fourth-order valence-electron chi connectivity index (χ4n) is 5.02. The van der Waals surface area contributed by atoms with Crippen molar-refractivity contribution < 1.29 is 17.0 Å². The number of fused-ring (bicyclic) bond motifs is 1. The van der Waals surface area contributed by atoms with E-state index in [1.807, 2.05) is 11.3 Å². The first-order valence-electron chi connectivity index (χ1n) is 12.3. The van der Waals surface area contributed by atoms with Crippen molar-refractivity contribution in [3.05, 3.63) is 69.2 Å². The quantitative estimate of drug-likeness (QED) is 0.439. The summed E-state index contributed by atoms with van der Waals surface area (Å²) in [6, 6.07) is 14.1. The fourth-order valence-corrected chi connectivity index (χ4v) is 6.29. The second-order valence-electron chi connectivity index (χ2n) is 11.7. The Morgan fingerprint density at radius 2 is 1.61 bits per heavy atom. The van der Waals surface area contributed by atoms with Gasteiger partial charge in [0.05, 0.1) is 10.4 Å². The van der Waals surface area contributed by atoms with Crippen LogP contribution in [0.1, 0.15) is 101 Å². The zero-order chi connectivity index (χ0) is 23.3. The SMILES string of the molecule is CCC1CCCc2c1sc[n+]2-c1c(C)cccc1-c1cc(C(C)(C)C)cc(C(C)(C)C)c1.[Cl-]. The number of rotatable bonds is 3. The van der Waals surface area contributed by atoms with E-state index in [2.05, 4.69) is 102 Å². The summed E-state index contributed by atoms with van der Waals surface area (Å²) in [4.78, 5) is 1.62. The zero-order valence-electron chi connectivity index (χ0n) is 21.7. The summed E-state index contributed by atoms with van der Waals surface area (Å²) in [5.41, 5.74) is 12.4. The molecular weight excluding hydrogens is 442 g/mol. The van der Waals surface area contributed by atoms with E-state index in [1.54, 1.807) is 10.6 Å². The number of aromatic nitrogens is 1. The van der Waals surface area contributed by atoms with Crippen molar-refractivity contribution in [3.63, 3.8) is 0 Å². The van der Waals surface area contributed by atoms with Crippen LogP contribution in [0.25, 0.3) is 16.8 Å². The molecule has 1 unspecified atom stereocenters. The maximum absolute atomic E-state index is 2.53. The third-order valence-corrected chi connectivity index (χ3v) is 8.28. The molecule has 0 spiro atoms. The molecule has 1 heterocycles. The van der Waals surface area contributed by atoms with Crippen LogP contribution in [0.15, 0.2) is 41.9 Å². The first kappa shape index (κ1) is 26.0. The second kappa shape index (κ2) is 9.55. The largest absolute Gasteiger partial charge is 1.00 e. The van der Waals surface area contributed by atoms with E-state index < -0.39 is 0 Å². The van der Waals surface area contributed by atoms with E-state index in [-0.39, 0.29) is 23.2 Å². The molecule has 3 aromatic rings. The van der Waals surface area contributed by atoms with Gasteiger partial charge in [-0.15, -0.1) is 0 Å². The van der Waals surface area contributed by atoms with Crippen LogP contribution in [0.4, 0.5) is 0 Å². The predicted molar refractivity (Wildman–Crippen MR) is 139 cm³/mol. The number of hydrogen-bond acceptors (Lipinski definition) is 1. The molecule has 0 radical (unpaired) electrons. The Labute approximate surface area is 211 Å². The van der Waals surface area contributed by atoms with Crippen molar-refractivity contribution in [2.75, 3.05) is 0 Å². The summed E-state index contributed by atoms with van der Waals surface area (Å²) in [5.74, 6) is 0.731. The van der Waals surface area contributed by atoms with E-state index in [4.69, 9.17) is 0 Å². The van der Waals surface area contributed by atoms with Gasteiger partial charge in [0.1, 0.15) is 0 Å². The summed E-state index contributed by atoms with van der Waals surface area (Å²) in [5, 5.41) is 0. The molecule has 0 aliphatic heterocycles. The summed E-state index contributed by atoms with van der Waals surface area (Å²) < 4.78 is 2.53. The van der Waals surface area contributed by atoms with Crippen molar-refractivity contribution in [2.45, 2.75) is 97.8 Å². The van der Waals surface area contributed by atoms with Gasteiger partial charge in [0.25, 0.3) is 0 Å². The number of nitrogens with zero attached hydrogens (tertiary/aromatic N) is 1. The Balaban J connectivity index is 0.00000306. The molecule has 33 heavy (non-hydrogen) atoms. The Hall–Kier alpha value is -1.64. The molecule has 0 amide bonds. The van der Waals surface area contributed by atoms with Gasteiger partial charge in [-0.25, -0.2) is 0 Å². The molecule has 0 bridgehead atoms. The number of benzene rings is 2. The number of para-hydroxylation sites is 1. The van der Waals surface area contributed by atoms with Crippen LogP contribution >= 0.6 is 11.3 Å². The van der Waals surface area contributed by atoms with Crippen LogP contribution in [-0.4, -0.2) is 0 Å². The topological polar surface area (TPSA) is 3.88 Å². The van der Waals surface area contributed by atoms with Crippen molar-refractivity contribution in [3.8, 4) is 16.8 Å². The lowest BCUT2D eigenvalue weighted by Crippen LogP contribution is -3.00. The number of aryl methyl sites for hydroxylation is 1. The van der Waals surface area contributed by atoms with Gasteiger partial charge in [-0.2, -0.15) is 4.57 Å². The first-order valence-corrected chi connectivity index (χ1v) is 13.2. The molecule has 178 valence electrons. The fraction of sp³-hybridized carbons (Fsp3) is 0.500. The normalized spacial score (nSPS) is 16.3. The maximum Gasteiger partial charge on any atom is 0.231 e. The number of halogens is 1. The lowest BCUT2D eigenvalue weighted by atomic mass is 9.78. The van der Waals surface area contributed by atoms with Crippen molar-refractivity contribution in [1.29, 1.82) is 0 Å². The maximum atomic E-state index is 2.53. The average Bonchev–Trinajstić information content (AvgIpc) is 3.16. The van der Waals surface area contributed by atoms with E-state index in [9.17, 15) is 0 Å². The molecule has 2 aromatic carbocycles. The van der Waals surface area contributed by atoms with Crippen LogP contribution in [0.2, 0.25) is 0 Å². The van der Waals surface area contributed by atoms with Crippen LogP contribution < -0.4 is 17.0 Å². The number of thiazole rings is 1. The smallest absolute Gasteiger partial charge is 0.231 e. The lowest BCUT2D eigenvalue weighted by molar-refractivity contribution is -0.599. The zero-order valence-corrected chi connectivity index (χ0v) is 23.3. The minimum absolute atomic E-state index is 0. The third kappa shape index (κ3) is 5.08. The molecule has 3 heteroatoms. The van der Waals surface area contributed by atoms with Crippen molar-refractivity contribution in [1.82, 2.24) is 0 Å². The molecule has 1 nitrogen and oxygen atoms in total. The van der Waals surface area contributed by atoms with Crippen LogP contribution in [-0.2, 0) is 17.3 Å². The highest BCUT2D eigenvalue weighted by atomic mass is 35.5. The first-order chi connectivity index (χ1) is 15.0. The Bertz CT molecular complexity index is 1090. The molecule has 1 aliphatic carbocycles. The van der Waals surface area contributed by atoms with E-state index in [0.717, 1.165) is 5.92 Å². The highest BCUT2D eigenvalue weighted by Gasteiger charge is 2.32. The van der Waals surface area contributed by atoms with E-state index >= 15 is 0 Å². The summed E-state index contributed by atoms with van der Waals surface area (Å²) >= 11 is 1.97. The van der Waals surface area contributed by atoms with Gasteiger partial charge < -0.3 is 12.4 Å². The predicted octanol–water partition coefficient (Wildman–Crippen LogP) is 5.43. The monoisotopic (exact) mass is 481 g/mol. The van der Waals surface area contributed by atoms with Gasteiger partial charge in [-0.1, -0.05) is 90.1 Å². The lowest BCUT2D eigenvalue weighted by Gasteiger charge is -2.26. The van der Waals surface area contributed by atoms with E-state index in [0.29, 0.717) is 0 Å². The summed E-state index contributed by atoms with van der Waals surface area (Å²) in [6.45, 7) is 18.6. The molecule has 4 rings (SSSR count). The molecule has 1 aromatic heterocycles. The van der Waals surface area contributed by atoms with Crippen molar-refractivity contribution in [2.24, 2.45) is 0 Å². The minimum atomic E-state index is 0. The average molecular weight is 482 g/mol. The van der Waals surface area contributed by atoms with Crippen LogP contribution in [0.5, 0.6) is 0 Å². The minimum Gasteiger partial charge on any atom is -1.00 e. The van der Waals surface area contributed by atoms with Crippen LogP contribution in [0.3, 0.4) is 0 Å². The molecule has 0 saturated heterocycles. The Morgan fingerprint density at radius 3 is 2.18 bits per heavy atom. The molecule has 1 atom stereocenters. The standard InChI is InChI=1S/C30H40NS.ClH/c1-9-21-13-11-15-26-28(21)32-19-31(26)27-20(2)12-10-14-25(27)22-16-23(29(3,4)5)18-24(17-22)30(6,7)8;/h10,12,14,16-19,21H,9,11,13,15H2,1-8H3;1H/q+1;/p-1. The summed E-state index contributed by atoms with van der Waals surface area (Å²) in [7, 11) is 0. The van der Waals surface area contributed by atoms with Gasteiger partial charge in [-0.05, 0) is 65.7 Å². The molecule has 0 saturated carbocycles. The highest BCUT2D eigenvalue weighted by Crippen LogP contribution is 2.39. The Kier molecular flexibility index (Phi) is 7.51. The van der Waals surface area contributed by atoms with Gasteiger partial charge in [0, 0.05) is 12.0 Å². The van der Waals surface area contributed by atoms with Gasteiger partial charge in [-0.3, -0.25) is 0 Å². The van der Waals surface area contributed by atoms with Crippen LogP contribution in [0, 0.1) is 6.92 Å². The van der Waals surface area contributed by atoms with Gasteiger partial charge in [0.15, 0.2) is 0 Å². The van der Waals surface area contributed by atoms with E-state index in [1.165, 1.54) is 59.2 Å². The third-order valence-electron chi connectivity index (χ3n) is 7.14. The van der Waals surface area contributed by atoms with Crippen molar-refractivity contribution >= 4 is 11.3 Å². The van der Waals surface area contributed by atoms with Gasteiger partial charge >= 0.3 is 0 Å². The molecule has 1 aliphatic rings. The molecule has 0 fully saturated rings.